The van der Waals surface area contributed by atoms with Gasteiger partial charge in [0.05, 0.1) is 29.6 Å². The monoisotopic (exact) mass is 483 g/mol. The molecule has 0 fully saturated rings. The molecule has 0 unspecified atom stereocenters. The van der Waals surface area contributed by atoms with E-state index in [1.54, 1.807) is 6.07 Å². The van der Waals surface area contributed by atoms with E-state index in [4.69, 9.17) is 16.3 Å². The summed E-state index contributed by atoms with van der Waals surface area (Å²) in [6.07, 6.45) is 1.08. The maximum atomic E-state index is 13.5. The number of methoxy groups -OCH3 is 1. The number of carbonyl (C=O) groups is 1. The average Bonchev–Trinajstić information content (AvgIpc) is 3.08. The Kier molecular flexibility index (Phi) is 6.83. The molecular weight excluding hydrogens is 465 g/mol. The maximum Gasteiger partial charge on any atom is 0.265 e. The van der Waals surface area contributed by atoms with Crippen LogP contribution in [0.4, 0.5) is 15.8 Å². The van der Waals surface area contributed by atoms with Gasteiger partial charge in [0.25, 0.3) is 5.91 Å². The van der Waals surface area contributed by atoms with Gasteiger partial charge in [-0.05, 0) is 38.1 Å². The van der Waals surface area contributed by atoms with Gasteiger partial charge in [-0.3, -0.25) is 9.52 Å². The summed E-state index contributed by atoms with van der Waals surface area (Å²) >= 11 is 7.31. The predicted octanol–water partition coefficient (Wildman–Crippen LogP) is 4.93. The van der Waals surface area contributed by atoms with Crippen LogP contribution in [0.15, 0.2) is 36.5 Å². The number of aromatic nitrogens is 1. The Morgan fingerprint density at radius 3 is 2.61 bits per heavy atom. The zero-order valence-corrected chi connectivity index (χ0v) is 19.2. The van der Waals surface area contributed by atoms with Crippen LogP contribution in [0.1, 0.15) is 21.5 Å². The fourth-order valence-corrected chi connectivity index (χ4v) is 4.55. The van der Waals surface area contributed by atoms with E-state index in [1.807, 2.05) is 6.92 Å². The van der Waals surface area contributed by atoms with Crippen LogP contribution in [0, 0.1) is 12.7 Å². The van der Waals surface area contributed by atoms with Crippen molar-refractivity contribution in [2.24, 2.45) is 0 Å². The molecular formula is C20H19ClFN3O4S2. The van der Waals surface area contributed by atoms with Crippen molar-refractivity contribution >= 4 is 50.2 Å². The van der Waals surface area contributed by atoms with Crippen LogP contribution in [0.25, 0.3) is 11.3 Å². The van der Waals surface area contributed by atoms with E-state index >= 15 is 0 Å². The van der Waals surface area contributed by atoms with Crippen molar-refractivity contribution < 1.29 is 22.3 Å². The van der Waals surface area contributed by atoms with Gasteiger partial charge in [0.15, 0.2) is 0 Å². The Hall–Kier alpha value is -2.69. The number of anilines is 2. The third-order valence-electron chi connectivity index (χ3n) is 4.25. The molecule has 0 radical (unpaired) electrons. The molecule has 1 amide bonds. The summed E-state index contributed by atoms with van der Waals surface area (Å²) in [7, 11) is -2.08. The van der Waals surface area contributed by atoms with E-state index in [0.29, 0.717) is 21.8 Å². The summed E-state index contributed by atoms with van der Waals surface area (Å²) in [5.74, 6) is -0.774. The van der Waals surface area contributed by atoms with Crippen LogP contribution in [0.2, 0.25) is 5.02 Å². The summed E-state index contributed by atoms with van der Waals surface area (Å²) in [4.78, 5) is 18.1. The summed E-state index contributed by atoms with van der Waals surface area (Å²) in [5, 5.41) is 2.97. The van der Waals surface area contributed by atoms with E-state index in [2.05, 4.69) is 15.0 Å². The highest BCUT2D eigenvalue weighted by molar-refractivity contribution is 7.92. The lowest BCUT2D eigenvalue weighted by Crippen LogP contribution is -2.15. The lowest BCUT2D eigenvalue weighted by molar-refractivity contribution is 0.103. The zero-order valence-electron chi connectivity index (χ0n) is 16.8. The Labute approximate surface area is 188 Å². The Morgan fingerprint density at radius 1 is 1.23 bits per heavy atom. The number of sulfonamides is 1. The third-order valence-corrected chi connectivity index (χ3v) is 6.82. The summed E-state index contributed by atoms with van der Waals surface area (Å²) < 4.78 is 44.7. The number of pyridine rings is 1. The molecule has 0 aliphatic carbocycles. The third kappa shape index (κ3) is 5.52. The smallest absolute Gasteiger partial charge is 0.265 e. The highest BCUT2D eigenvalue weighted by Crippen LogP contribution is 2.36. The molecule has 0 bridgehead atoms. The molecule has 2 heterocycles. The van der Waals surface area contributed by atoms with Crippen molar-refractivity contribution in [3.8, 4) is 17.0 Å². The molecule has 0 saturated heterocycles. The number of thiophene rings is 1. The number of amides is 1. The van der Waals surface area contributed by atoms with Crippen molar-refractivity contribution in [3.05, 3.63) is 57.1 Å². The topological polar surface area (TPSA) is 97.4 Å². The van der Waals surface area contributed by atoms with Crippen molar-refractivity contribution in [1.82, 2.24) is 4.98 Å². The average molecular weight is 484 g/mol. The predicted molar refractivity (Wildman–Crippen MR) is 121 cm³/mol. The first kappa shape index (κ1) is 23.0. The molecule has 31 heavy (non-hydrogen) atoms. The lowest BCUT2D eigenvalue weighted by atomic mass is 10.1. The van der Waals surface area contributed by atoms with E-state index in [1.165, 1.54) is 49.6 Å². The molecule has 2 aromatic heterocycles. The molecule has 164 valence electrons. The molecule has 2 N–H and O–H groups in total. The molecule has 11 heteroatoms. The van der Waals surface area contributed by atoms with Gasteiger partial charge in [-0.1, -0.05) is 11.6 Å². The first-order valence-electron chi connectivity index (χ1n) is 9.04. The fourth-order valence-electron chi connectivity index (χ4n) is 2.77. The standard InChI is InChI=1S/C20H19ClFN3O4S2/c1-4-31(27,28)25-15-6-12(21)5-14(8-15)24-20(26)18-9-16(11(2)30-18)19-17(29-3)7-13(22)10-23-19/h5-10,25H,4H2,1-3H3,(H,24,26). The number of hydrogen-bond acceptors (Lipinski definition) is 6. The molecule has 1 aromatic carbocycles. The van der Waals surface area contributed by atoms with E-state index in [9.17, 15) is 17.6 Å². The Bertz CT molecular complexity index is 1250. The first-order chi connectivity index (χ1) is 14.6. The van der Waals surface area contributed by atoms with Crippen LogP contribution < -0.4 is 14.8 Å². The second-order valence-electron chi connectivity index (χ2n) is 6.47. The van der Waals surface area contributed by atoms with Crippen molar-refractivity contribution in [1.29, 1.82) is 0 Å². The molecule has 0 saturated carbocycles. The van der Waals surface area contributed by atoms with Crippen LogP contribution >= 0.6 is 22.9 Å². The number of benzene rings is 1. The van der Waals surface area contributed by atoms with Gasteiger partial charge in [-0.2, -0.15) is 0 Å². The van der Waals surface area contributed by atoms with Gasteiger partial charge in [-0.15, -0.1) is 11.3 Å². The summed E-state index contributed by atoms with van der Waals surface area (Å²) in [5.41, 5.74) is 1.65. The quantitative estimate of drug-likeness (QED) is 0.496. The minimum atomic E-state index is -3.49. The van der Waals surface area contributed by atoms with Crippen molar-refractivity contribution in [2.45, 2.75) is 13.8 Å². The minimum absolute atomic E-state index is 0.0979. The number of aryl methyl sites for hydroxylation is 1. The molecule has 0 spiro atoms. The number of carbonyl (C=O) groups excluding carboxylic acids is 1. The number of halogens is 2. The largest absolute Gasteiger partial charge is 0.494 e. The number of ether oxygens (including phenoxy) is 1. The lowest BCUT2D eigenvalue weighted by Gasteiger charge is -2.10. The number of rotatable bonds is 7. The minimum Gasteiger partial charge on any atom is -0.494 e. The van der Waals surface area contributed by atoms with Crippen LogP contribution in [-0.4, -0.2) is 32.2 Å². The number of nitrogens with one attached hydrogen (secondary N) is 2. The Balaban J connectivity index is 1.87. The van der Waals surface area contributed by atoms with Gasteiger partial charge < -0.3 is 10.1 Å². The van der Waals surface area contributed by atoms with E-state index in [-0.39, 0.29) is 22.2 Å². The second-order valence-corrected chi connectivity index (χ2v) is 10.2. The van der Waals surface area contributed by atoms with E-state index in [0.717, 1.165) is 11.1 Å². The summed E-state index contributed by atoms with van der Waals surface area (Å²) in [6, 6.07) is 7.30. The first-order valence-corrected chi connectivity index (χ1v) is 11.9. The molecule has 0 aliphatic rings. The van der Waals surface area contributed by atoms with Gasteiger partial charge >= 0.3 is 0 Å². The fraction of sp³-hybridized carbons (Fsp3) is 0.200. The Morgan fingerprint density at radius 2 is 1.94 bits per heavy atom. The number of nitrogens with zero attached hydrogens (tertiary/aromatic N) is 1. The van der Waals surface area contributed by atoms with Crippen LogP contribution in [0.3, 0.4) is 0 Å². The zero-order chi connectivity index (χ0) is 22.8. The normalized spacial score (nSPS) is 11.3. The molecule has 3 rings (SSSR count). The second kappa shape index (κ2) is 9.21. The van der Waals surface area contributed by atoms with E-state index < -0.39 is 21.7 Å². The van der Waals surface area contributed by atoms with Gasteiger partial charge in [-0.25, -0.2) is 17.8 Å². The highest BCUT2D eigenvalue weighted by atomic mass is 35.5. The highest BCUT2D eigenvalue weighted by Gasteiger charge is 2.18. The molecule has 7 nitrogen and oxygen atoms in total. The summed E-state index contributed by atoms with van der Waals surface area (Å²) in [6.45, 7) is 3.33. The van der Waals surface area contributed by atoms with Crippen LogP contribution in [-0.2, 0) is 10.0 Å². The van der Waals surface area contributed by atoms with Gasteiger partial charge in [0.2, 0.25) is 10.0 Å². The van der Waals surface area contributed by atoms with Crippen molar-refractivity contribution in [3.63, 3.8) is 0 Å². The molecule has 0 aliphatic heterocycles. The number of hydrogen-bond donors (Lipinski definition) is 2. The maximum absolute atomic E-state index is 13.5. The molecule has 0 atom stereocenters. The van der Waals surface area contributed by atoms with Crippen LogP contribution in [0.5, 0.6) is 5.75 Å². The van der Waals surface area contributed by atoms with Gasteiger partial charge in [0.1, 0.15) is 17.3 Å². The SMILES string of the molecule is CCS(=O)(=O)Nc1cc(Cl)cc(NC(=O)c2cc(-c3ncc(F)cc3OC)c(C)s2)c1. The molecule has 3 aromatic rings. The van der Waals surface area contributed by atoms with Crippen molar-refractivity contribution in [2.75, 3.05) is 22.9 Å². The van der Waals surface area contributed by atoms with Gasteiger partial charge in [0, 0.05) is 27.2 Å².